The average molecular weight is 250 g/mol. The van der Waals surface area contributed by atoms with E-state index in [4.69, 9.17) is 11.6 Å². The number of rotatable bonds is 6. The predicted molar refractivity (Wildman–Crippen MR) is 52.0 cm³/mol. The summed E-state index contributed by atoms with van der Waals surface area (Å²) in [5, 5.41) is 0. The Bertz CT molecular complexity index is 267. The first-order valence-electron chi connectivity index (χ1n) is 4.04. The summed E-state index contributed by atoms with van der Waals surface area (Å²) in [5.74, 6) is -3.02. The highest BCUT2D eigenvalue weighted by molar-refractivity contribution is 7.89. The molecular formula is C7H14ClF2NO2S. The molecule has 0 heterocycles. The van der Waals surface area contributed by atoms with Crippen molar-refractivity contribution in [1.29, 1.82) is 0 Å². The molecule has 0 saturated heterocycles. The zero-order valence-electron chi connectivity index (χ0n) is 8.06. The highest BCUT2D eigenvalue weighted by atomic mass is 35.5. The fourth-order valence-electron chi connectivity index (χ4n) is 0.703. The third kappa shape index (κ3) is 5.07. The molecule has 0 fully saturated rings. The van der Waals surface area contributed by atoms with Crippen LogP contribution in [0.5, 0.6) is 0 Å². The minimum absolute atomic E-state index is 0.0353. The average Bonchev–Trinajstić information content (AvgIpc) is 2.01. The lowest BCUT2D eigenvalue weighted by molar-refractivity contribution is 0.230. The van der Waals surface area contributed by atoms with Crippen LogP contribution in [0.15, 0.2) is 0 Å². The molecule has 0 aromatic carbocycles. The van der Waals surface area contributed by atoms with Gasteiger partial charge in [-0.05, 0) is 11.8 Å². The highest BCUT2D eigenvalue weighted by Gasteiger charge is 2.26. The number of nitrogens with one attached hydrogen (secondary N) is 1. The van der Waals surface area contributed by atoms with Gasteiger partial charge in [0.05, 0.1) is 0 Å². The van der Waals surface area contributed by atoms with Crippen molar-refractivity contribution >= 4 is 21.6 Å². The standard InChI is InChI=1S/C7H14ClF2NO2S/c1-7(2,3-4-8)5-11-14(12,13)6(9)10/h6,11H,3-5H2,1-2H3. The summed E-state index contributed by atoms with van der Waals surface area (Å²) in [7, 11) is -4.48. The minimum Gasteiger partial charge on any atom is -0.210 e. The first-order chi connectivity index (χ1) is 6.21. The Morgan fingerprint density at radius 3 is 2.29 bits per heavy atom. The van der Waals surface area contributed by atoms with Crippen molar-refractivity contribution in [3.8, 4) is 0 Å². The molecule has 0 rings (SSSR count). The Labute approximate surface area is 87.9 Å². The number of alkyl halides is 3. The molecule has 0 aromatic heterocycles. The van der Waals surface area contributed by atoms with E-state index in [0.717, 1.165) is 0 Å². The third-order valence-electron chi connectivity index (χ3n) is 1.76. The summed E-state index contributed by atoms with van der Waals surface area (Å²) in [6.45, 7) is 3.47. The predicted octanol–water partition coefficient (Wildman–Crippen LogP) is 1.78. The van der Waals surface area contributed by atoms with Crippen LogP contribution in [0.4, 0.5) is 8.78 Å². The van der Waals surface area contributed by atoms with E-state index in [1.165, 1.54) is 0 Å². The van der Waals surface area contributed by atoms with Gasteiger partial charge in [0.15, 0.2) is 0 Å². The molecule has 0 aliphatic heterocycles. The smallest absolute Gasteiger partial charge is 0.210 e. The molecule has 0 aliphatic carbocycles. The topological polar surface area (TPSA) is 46.2 Å². The second kappa shape index (κ2) is 5.23. The van der Waals surface area contributed by atoms with Crippen molar-refractivity contribution < 1.29 is 17.2 Å². The highest BCUT2D eigenvalue weighted by Crippen LogP contribution is 2.20. The van der Waals surface area contributed by atoms with Crippen molar-refractivity contribution in [3.05, 3.63) is 0 Å². The molecule has 0 radical (unpaired) electrons. The molecule has 0 saturated carbocycles. The third-order valence-corrected chi connectivity index (χ3v) is 2.96. The first kappa shape index (κ1) is 14.1. The van der Waals surface area contributed by atoms with Crippen LogP contribution in [-0.2, 0) is 10.0 Å². The molecule has 0 amide bonds. The molecule has 7 heteroatoms. The second-order valence-electron chi connectivity index (χ2n) is 3.73. The monoisotopic (exact) mass is 249 g/mol. The quantitative estimate of drug-likeness (QED) is 0.730. The van der Waals surface area contributed by atoms with Gasteiger partial charge >= 0.3 is 5.76 Å². The zero-order chi connectivity index (χ0) is 11.4. The van der Waals surface area contributed by atoms with Gasteiger partial charge in [0.2, 0.25) is 0 Å². The van der Waals surface area contributed by atoms with Gasteiger partial charge in [-0.15, -0.1) is 11.6 Å². The Kier molecular flexibility index (Phi) is 5.25. The summed E-state index contributed by atoms with van der Waals surface area (Å²) >= 11 is 5.47. The molecule has 0 spiro atoms. The van der Waals surface area contributed by atoms with Gasteiger partial charge in [0.25, 0.3) is 10.0 Å². The van der Waals surface area contributed by atoms with E-state index in [9.17, 15) is 17.2 Å². The summed E-state index contributed by atoms with van der Waals surface area (Å²) in [6, 6.07) is 0. The number of hydrogen-bond donors (Lipinski definition) is 1. The normalized spacial score (nSPS) is 13.6. The van der Waals surface area contributed by atoms with Crippen molar-refractivity contribution in [2.24, 2.45) is 5.41 Å². The van der Waals surface area contributed by atoms with Crippen LogP contribution in [0.1, 0.15) is 20.3 Å². The minimum atomic E-state index is -4.48. The maximum atomic E-state index is 11.9. The fourth-order valence-corrected chi connectivity index (χ4v) is 1.93. The molecule has 0 unspecified atom stereocenters. The van der Waals surface area contributed by atoms with Gasteiger partial charge in [0.1, 0.15) is 0 Å². The summed E-state index contributed by atoms with van der Waals surface area (Å²) in [5.41, 5.74) is -0.413. The molecule has 0 aliphatic rings. The van der Waals surface area contributed by atoms with E-state index in [2.05, 4.69) is 0 Å². The molecule has 3 nitrogen and oxygen atoms in total. The fraction of sp³-hybridized carbons (Fsp3) is 1.00. The maximum absolute atomic E-state index is 11.9. The Balaban J connectivity index is 4.19. The van der Waals surface area contributed by atoms with E-state index < -0.39 is 21.2 Å². The van der Waals surface area contributed by atoms with Crippen LogP contribution < -0.4 is 4.72 Å². The van der Waals surface area contributed by atoms with E-state index in [1.54, 1.807) is 13.8 Å². The van der Waals surface area contributed by atoms with Gasteiger partial charge in [-0.3, -0.25) is 0 Å². The number of sulfonamides is 1. The molecule has 0 bridgehead atoms. The molecular weight excluding hydrogens is 236 g/mol. The maximum Gasteiger partial charge on any atom is 0.350 e. The van der Waals surface area contributed by atoms with E-state index in [1.807, 2.05) is 4.72 Å². The van der Waals surface area contributed by atoms with Crippen molar-refractivity contribution in [2.75, 3.05) is 12.4 Å². The summed E-state index contributed by atoms with van der Waals surface area (Å²) in [6.07, 6.45) is 0.556. The Hall–Kier alpha value is 0.0600. The van der Waals surface area contributed by atoms with E-state index in [0.29, 0.717) is 12.3 Å². The van der Waals surface area contributed by atoms with Crippen LogP contribution in [0.2, 0.25) is 0 Å². The lowest BCUT2D eigenvalue weighted by Gasteiger charge is -2.23. The van der Waals surface area contributed by atoms with Crippen LogP contribution >= 0.6 is 11.6 Å². The van der Waals surface area contributed by atoms with Gasteiger partial charge in [-0.1, -0.05) is 13.8 Å². The Morgan fingerprint density at radius 2 is 1.93 bits per heavy atom. The lowest BCUT2D eigenvalue weighted by atomic mass is 9.91. The number of hydrogen-bond acceptors (Lipinski definition) is 2. The summed E-state index contributed by atoms with van der Waals surface area (Å²) < 4.78 is 47.0. The molecule has 14 heavy (non-hydrogen) atoms. The Morgan fingerprint density at radius 1 is 1.43 bits per heavy atom. The second-order valence-corrected chi connectivity index (χ2v) is 5.84. The first-order valence-corrected chi connectivity index (χ1v) is 6.12. The van der Waals surface area contributed by atoms with Crippen molar-refractivity contribution in [3.63, 3.8) is 0 Å². The summed E-state index contributed by atoms with van der Waals surface area (Å²) in [4.78, 5) is 0. The molecule has 0 aromatic rings. The van der Waals surface area contributed by atoms with Crippen molar-refractivity contribution in [1.82, 2.24) is 4.72 Å². The largest absolute Gasteiger partial charge is 0.350 e. The van der Waals surface area contributed by atoms with E-state index in [-0.39, 0.29) is 6.54 Å². The van der Waals surface area contributed by atoms with Crippen LogP contribution in [-0.4, -0.2) is 26.6 Å². The SMILES string of the molecule is CC(C)(CCCl)CNS(=O)(=O)C(F)F. The molecule has 0 atom stereocenters. The van der Waals surface area contributed by atoms with Gasteiger partial charge in [-0.2, -0.15) is 8.78 Å². The molecule has 86 valence electrons. The van der Waals surface area contributed by atoms with Crippen LogP contribution in [0, 0.1) is 5.41 Å². The van der Waals surface area contributed by atoms with Crippen LogP contribution in [0.3, 0.4) is 0 Å². The van der Waals surface area contributed by atoms with Gasteiger partial charge in [-0.25, -0.2) is 13.1 Å². The lowest BCUT2D eigenvalue weighted by Crippen LogP contribution is -2.37. The van der Waals surface area contributed by atoms with Gasteiger partial charge in [0, 0.05) is 12.4 Å². The van der Waals surface area contributed by atoms with Gasteiger partial charge < -0.3 is 0 Å². The van der Waals surface area contributed by atoms with E-state index >= 15 is 0 Å². The van der Waals surface area contributed by atoms with Crippen molar-refractivity contribution in [2.45, 2.75) is 26.0 Å². The molecule has 1 N–H and O–H groups in total. The zero-order valence-corrected chi connectivity index (χ0v) is 9.63. The van der Waals surface area contributed by atoms with Crippen LogP contribution in [0.25, 0.3) is 0 Å². The number of halogens is 3.